The quantitative estimate of drug-likeness (QED) is 0.756. The van der Waals surface area contributed by atoms with Gasteiger partial charge in [0.2, 0.25) is 0 Å². The molecule has 0 fully saturated rings. The van der Waals surface area contributed by atoms with Crippen molar-refractivity contribution in [2.24, 2.45) is 0 Å². The number of aryl methyl sites for hydroxylation is 1. The summed E-state index contributed by atoms with van der Waals surface area (Å²) in [6.45, 7) is 1.37. The third kappa shape index (κ3) is 3.34. The average molecular weight is 229 g/mol. The van der Waals surface area contributed by atoms with Crippen LogP contribution in [0, 0.1) is 6.92 Å². The van der Waals surface area contributed by atoms with Crippen LogP contribution in [0.1, 0.15) is 5.56 Å². The summed E-state index contributed by atoms with van der Waals surface area (Å²) < 4.78 is 20.7. The molecule has 0 saturated heterocycles. The van der Waals surface area contributed by atoms with Gasteiger partial charge in [-0.2, -0.15) is 0 Å². The van der Waals surface area contributed by atoms with Crippen molar-refractivity contribution in [3.63, 3.8) is 0 Å². The average Bonchev–Trinajstić information content (AvgIpc) is 2.15. The second kappa shape index (κ2) is 4.90. The molecule has 0 aliphatic heterocycles. The predicted octanol–water partition coefficient (Wildman–Crippen LogP) is 1.02. The zero-order valence-corrected chi connectivity index (χ0v) is 8.90. The maximum atomic E-state index is 10.9. The SMILES string of the molecule is Cc1ccc(N(CC(=O)O)S(=O)O)cc1. The van der Waals surface area contributed by atoms with Crippen molar-refractivity contribution in [3.8, 4) is 0 Å². The van der Waals surface area contributed by atoms with Gasteiger partial charge in [0.15, 0.2) is 0 Å². The van der Waals surface area contributed by atoms with E-state index in [-0.39, 0.29) is 0 Å². The van der Waals surface area contributed by atoms with E-state index in [1.807, 2.05) is 6.92 Å². The minimum atomic E-state index is -2.33. The van der Waals surface area contributed by atoms with Crippen LogP contribution in [0.3, 0.4) is 0 Å². The van der Waals surface area contributed by atoms with Gasteiger partial charge >= 0.3 is 5.97 Å². The number of carboxylic acids is 1. The molecule has 1 atom stereocenters. The maximum Gasteiger partial charge on any atom is 0.324 e. The molecule has 0 aliphatic carbocycles. The van der Waals surface area contributed by atoms with E-state index in [1.54, 1.807) is 24.3 Å². The van der Waals surface area contributed by atoms with E-state index < -0.39 is 23.8 Å². The number of carboxylic acid groups (broad SMARTS) is 1. The van der Waals surface area contributed by atoms with Crippen molar-refractivity contribution in [1.82, 2.24) is 0 Å². The number of carbonyl (C=O) groups is 1. The Hall–Kier alpha value is -1.40. The lowest BCUT2D eigenvalue weighted by Gasteiger charge is -2.17. The highest BCUT2D eigenvalue weighted by Gasteiger charge is 2.15. The third-order valence-electron chi connectivity index (χ3n) is 1.79. The number of rotatable bonds is 4. The van der Waals surface area contributed by atoms with Crippen molar-refractivity contribution < 1.29 is 18.7 Å². The summed E-state index contributed by atoms with van der Waals surface area (Å²) in [7, 11) is 0. The molecule has 1 aromatic rings. The fourth-order valence-electron chi connectivity index (χ4n) is 1.07. The summed E-state index contributed by atoms with van der Waals surface area (Å²) in [6.07, 6.45) is 0. The van der Waals surface area contributed by atoms with Crippen molar-refractivity contribution in [3.05, 3.63) is 29.8 Å². The topological polar surface area (TPSA) is 77.8 Å². The maximum absolute atomic E-state index is 10.9. The molecule has 15 heavy (non-hydrogen) atoms. The number of hydrogen-bond donors (Lipinski definition) is 2. The minimum Gasteiger partial charge on any atom is -0.480 e. The number of nitrogens with zero attached hydrogens (tertiary/aromatic N) is 1. The van der Waals surface area contributed by atoms with Gasteiger partial charge in [-0.3, -0.25) is 13.7 Å². The zero-order chi connectivity index (χ0) is 11.4. The van der Waals surface area contributed by atoms with Gasteiger partial charge in [-0.05, 0) is 19.1 Å². The summed E-state index contributed by atoms with van der Waals surface area (Å²) in [4.78, 5) is 10.5. The van der Waals surface area contributed by atoms with E-state index in [2.05, 4.69) is 0 Å². The highest BCUT2D eigenvalue weighted by Crippen LogP contribution is 2.15. The lowest BCUT2D eigenvalue weighted by atomic mass is 10.2. The molecule has 2 N–H and O–H groups in total. The second-order valence-electron chi connectivity index (χ2n) is 3.00. The molecule has 0 amide bonds. The van der Waals surface area contributed by atoms with Crippen molar-refractivity contribution in [2.75, 3.05) is 10.8 Å². The van der Waals surface area contributed by atoms with Gasteiger partial charge < -0.3 is 5.11 Å². The summed E-state index contributed by atoms with van der Waals surface area (Å²) in [6, 6.07) is 6.70. The molecule has 1 aromatic carbocycles. The van der Waals surface area contributed by atoms with Crippen molar-refractivity contribution >= 4 is 22.9 Å². The van der Waals surface area contributed by atoms with E-state index in [4.69, 9.17) is 9.66 Å². The highest BCUT2D eigenvalue weighted by atomic mass is 32.2. The van der Waals surface area contributed by atoms with E-state index in [9.17, 15) is 9.00 Å². The van der Waals surface area contributed by atoms with E-state index in [1.165, 1.54) is 0 Å². The lowest BCUT2D eigenvalue weighted by Crippen LogP contribution is -2.31. The van der Waals surface area contributed by atoms with Crippen LogP contribution in [0.2, 0.25) is 0 Å². The van der Waals surface area contributed by atoms with Crippen LogP contribution in [0.25, 0.3) is 0 Å². The van der Waals surface area contributed by atoms with Crippen LogP contribution in [0.15, 0.2) is 24.3 Å². The molecule has 6 heteroatoms. The summed E-state index contributed by atoms with van der Waals surface area (Å²) >= 11 is -2.33. The molecule has 82 valence electrons. The normalized spacial score (nSPS) is 12.1. The van der Waals surface area contributed by atoms with Crippen molar-refractivity contribution in [2.45, 2.75) is 6.92 Å². The van der Waals surface area contributed by atoms with Gasteiger partial charge in [-0.15, -0.1) is 0 Å². The van der Waals surface area contributed by atoms with Crippen molar-refractivity contribution in [1.29, 1.82) is 0 Å². The molecule has 0 bridgehead atoms. The molecule has 0 saturated carbocycles. The van der Waals surface area contributed by atoms with Crippen LogP contribution >= 0.6 is 0 Å². The van der Waals surface area contributed by atoms with Crippen LogP contribution in [0.5, 0.6) is 0 Å². The molecular weight excluding hydrogens is 218 g/mol. The Morgan fingerprint density at radius 2 is 1.93 bits per heavy atom. The van der Waals surface area contributed by atoms with Crippen LogP contribution in [0.4, 0.5) is 5.69 Å². The van der Waals surface area contributed by atoms with E-state index >= 15 is 0 Å². The van der Waals surface area contributed by atoms with Gasteiger partial charge in [0.1, 0.15) is 6.54 Å². The first-order chi connectivity index (χ1) is 7.00. The minimum absolute atomic E-state index is 0.406. The molecule has 1 rings (SSSR count). The first kappa shape index (κ1) is 11.7. The molecule has 0 spiro atoms. The summed E-state index contributed by atoms with van der Waals surface area (Å²) in [5.74, 6) is -1.15. The fourth-order valence-corrected chi connectivity index (χ4v) is 1.59. The Bertz CT molecular complexity index is 376. The molecule has 0 heterocycles. The fraction of sp³-hybridized carbons (Fsp3) is 0.222. The Kier molecular flexibility index (Phi) is 3.81. The number of aliphatic carboxylic acids is 1. The van der Waals surface area contributed by atoms with Crippen LogP contribution in [-0.2, 0) is 16.1 Å². The summed E-state index contributed by atoms with van der Waals surface area (Å²) in [5.41, 5.74) is 1.40. The number of anilines is 1. The first-order valence-electron chi connectivity index (χ1n) is 4.17. The molecule has 1 unspecified atom stereocenters. The Morgan fingerprint density at radius 3 is 2.33 bits per heavy atom. The Labute approximate surface area is 89.8 Å². The van der Waals surface area contributed by atoms with E-state index in [0.29, 0.717) is 5.69 Å². The molecule has 5 nitrogen and oxygen atoms in total. The molecular formula is C9H11NO4S. The second-order valence-corrected chi connectivity index (χ2v) is 3.90. The van der Waals surface area contributed by atoms with Gasteiger partial charge in [-0.25, -0.2) is 4.21 Å². The molecule has 0 radical (unpaired) electrons. The van der Waals surface area contributed by atoms with E-state index in [0.717, 1.165) is 9.87 Å². The smallest absolute Gasteiger partial charge is 0.324 e. The predicted molar refractivity (Wildman–Crippen MR) is 56.9 cm³/mol. The highest BCUT2D eigenvalue weighted by molar-refractivity contribution is 7.80. The largest absolute Gasteiger partial charge is 0.480 e. The Balaban J connectivity index is 2.94. The molecule has 0 aromatic heterocycles. The first-order valence-corrected chi connectivity index (χ1v) is 5.24. The van der Waals surface area contributed by atoms with Gasteiger partial charge in [-0.1, -0.05) is 17.7 Å². The summed E-state index contributed by atoms with van der Waals surface area (Å²) in [5, 5.41) is 8.56. The Morgan fingerprint density at radius 1 is 1.40 bits per heavy atom. The molecule has 0 aliphatic rings. The number of benzene rings is 1. The van der Waals surface area contributed by atoms with Gasteiger partial charge in [0, 0.05) is 0 Å². The van der Waals surface area contributed by atoms with Crippen LogP contribution < -0.4 is 4.31 Å². The lowest BCUT2D eigenvalue weighted by molar-refractivity contribution is -0.135. The number of hydrogen-bond acceptors (Lipinski definition) is 2. The van der Waals surface area contributed by atoms with Gasteiger partial charge in [0.05, 0.1) is 5.69 Å². The zero-order valence-electron chi connectivity index (χ0n) is 8.08. The van der Waals surface area contributed by atoms with Crippen LogP contribution in [-0.4, -0.2) is 26.4 Å². The third-order valence-corrected chi connectivity index (χ3v) is 2.51. The monoisotopic (exact) mass is 229 g/mol. The standard InChI is InChI=1S/C9H11NO4S/c1-7-2-4-8(5-3-7)10(15(13)14)6-9(11)12/h2-5H,6H2,1H3,(H,11,12)(H,13,14). The van der Waals surface area contributed by atoms with Gasteiger partial charge in [0.25, 0.3) is 11.3 Å².